The molecular weight excluding hydrogens is 182 g/mol. The molecular formula is C11H14ClN. The summed E-state index contributed by atoms with van der Waals surface area (Å²) in [5, 5.41) is 4.28. The number of rotatable bonds is 1. The fourth-order valence-electron chi connectivity index (χ4n) is 2.09. The Labute approximate surface area is 84.1 Å². The monoisotopic (exact) mass is 195 g/mol. The molecule has 1 aliphatic heterocycles. The third kappa shape index (κ3) is 1.36. The Kier molecular flexibility index (Phi) is 2.31. The highest BCUT2D eigenvalue weighted by Gasteiger charge is 2.16. The molecule has 1 aromatic rings. The Bertz CT molecular complexity index is 341. The molecule has 0 amide bonds. The number of nitrogens with one attached hydrogen (secondary N) is 1. The van der Waals surface area contributed by atoms with E-state index in [1.54, 1.807) is 0 Å². The number of fused-ring (bicyclic) bond motifs is 1. The van der Waals surface area contributed by atoms with Gasteiger partial charge in [-0.25, -0.2) is 0 Å². The summed E-state index contributed by atoms with van der Waals surface area (Å²) in [6.07, 6.45) is 1.03. The Morgan fingerprint density at radius 1 is 1.46 bits per heavy atom. The first-order chi connectivity index (χ1) is 6.24. The molecule has 1 heterocycles. The molecule has 1 aliphatic rings. The van der Waals surface area contributed by atoms with Gasteiger partial charge in [0, 0.05) is 18.1 Å². The summed E-state index contributed by atoms with van der Waals surface area (Å²) in [6, 6.07) is 2.11. The number of hydrogen-bond donors (Lipinski definition) is 1. The Morgan fingerprint density at radius 3 is 2.92 bits per heavy atom. The lowest BCUT2D eigenvalue weighted by atomic mass is 9.97. The zero-order valence-electron chi connectivity index (χ0n) is 8.08. The third-order valence-electron chi connectivity index (χ3n) is 2.85. The molecule has 0 atom stereocenters. The summed E-state index contributed by atoms with van der Waals surface area (Å²) in [5.74, 6) is 0. The molecule has 0 aliphatic carbocycles. The van der Waals surface area contributed by atoms with E-state index in [-0.39, 0.29) is 0 Å². The molecule has 0 spiro atoms. The molecule has 70 valence electrons. The van der Waals surface area contributed by atoms with Gasteiger partial charge >= 0.3 is 0 Å². The Morgan fingerprint density at radius 2 is 2.23 bits per heavy atom. The number of halogens is 1. The van der Waals surface area contributed by atoms with Crippen molar-refractivity contribution in [2.45, 2.75) is 33.4 Å². The average Bonchev–Trinajstić information content (AvgIpc) is 2.53. The molecule has 0 aromatic heterocycles. The Balaban J connectivity index is 2.62. The van der Waals surface area contributed by atoms with Crippen molar-refractivity contribution in [2.75, 3.05) is 0 Å². The highest BCUT2D eigenvalue weighted by molar-refractivity contribution is 6.31. The first-order valence-electron chi connectivity index (χ1n) is 4.74. The van der Waals surface area contributed by atoms with E-state index < -0.39 is 0 Å². The van der Waals surface area contributed by atoms with Gasteiger partial charge in [-0.15, -0.1) is 0 Å². The number of hydrogen-bond acceptors (Lipinski definition) is 1. The maximum atomic E-state index is 6.19. The van der Waals surface area contributed by atoms with Gasteiger partial charge in [-0.2, -0.15) is 0 Å². The van der Waals surface area contributed by atoms with Crippen LogP contribution in [-0.4, -0.2) is 0 Å². The van der Waals surface area contributed by atoms with Crippen molar-refractivity contribution in [1.82, 2.24) is 5.32 Å². The van der Waals surface area contributed by atoms with Gasteiger partial charge in [0.25, 0.3) is 0 Å². The summed E-state index contributed by atoms with van der Waals surface area (Å²) >= 11 is 6.19. The van der Waals surface area contributed by atoms with E-state index in [2.05, 4.69) is 25.2 Å². The van der Waals surface area contributed by atoms with Gasteiger partial charge in [-0.3, -0.25) is 0 Å². The van der Waals surface area contributed by atoms with E-state index in [1.807, 2.05) is 0 Å². The zero-order chi connectivity index (χ0) is 9.42. The molecule has 2 heteroatoms. The fourth-order valence-corrected chi connectivity index (χ4v) is 2.50. The molecule has 0 radical (unpaired) electrons. The van der Waals surface area contributed by atoms with E-state index >= 15 is 0 Å². The SMILES string of the molecule is CCc1c(Cl)cc2c(c1C)CNC2. The highest BCUT2D eigenvalue weighted by atomic mass is 35.5. The predicted molar refractivity (Wildman–Crippen MR) is 56.1 cm³/mol. The van der Waals surface area contributed by atoms with Crippen LogP contribution in [-0.2, 0) is 19.5 Å². The molecule has 0 fully saturated rings. The lowest BCUT2D eigenvalue weighted by molar-refractivity contribution is 0.763. The maximum Gasteiger partial charge on any atom is 0.0443 e. The lowest BCUT2D eigenvalue weighted by Crippen LogP contribution is -2.00. The molecule has 0 unspecified atom stereocenters. The van der Waals surface area contributed by atoms with Gasteiger partial charge < -0.3 is 5.32 Å². The molecule has 1 N–H and O–H groups in total. The third-order valence-corrected chi connectivity index (χ3v) is 3.19. The van der Waals surface area contributed by atoms with E-state index in [0.717, 1.165) is 24.5 Å². The largest absolute Gasteiger partial charge is 0.309 e. The first-order valence-corrected chi connectivity index (χ1v) is 5.12. The summed E-state index contributed by atoms with van der Waals surface area (Å²) < 4.78 is 0. The van der Waals surface area contributed by atoms with Gasteiger partial charge in [0.1, 0.15) is 0 Å². The van der Waals surface area contributed by atoms with Crippen molar-refractivity contribution < 1.29 is 0 Å². The predicted octanol–water partition coefficient (Wildman–Crippen LogP) is 2.81. The standard InChI is InChI=1S/C11H14ClN/c1-3-9-7(2)10-6-13-5-8(10)4-11(9)12/h4,13H,3,5-6H2,1-2H3. The lowest BCUT2D eigenvalue weighted by Gasteiger charge is -2.10. The minimum atomic E-state index is 0.933. The summed E-state index contributed by atoms with van der Waals surface area (Å²) in [6.45, 7) is 6.31. The second kappa shape index (κ2) is 3.32. The van der Waals surface area contributed by atoms with Crippen LogP contribution < -0.4 is 5.32 Å². The molecule has 2 rings (SSSR count). The minimum absolute atomic E-state index is 0.933. The molecule has 0 bridgehead atoms. The van der Waals surface area contributed by atoms with Crippen LogP contribution in [0.2, 0.25) is 5.02 Å². The van der Waals surface area contributed by atoms with E-state index in [0.29, 0.717) is 0 Å². The fraction of sp³-hybridized carbons (Fsp3) is 0.455. The zero-order valence-corrected chi connectivity index (χ0v) is 8.83. The topological polar surface area (TPSA) is 12.0 Å². The van der Waals surface area contributed by atoms with Gasteiger partial charge in [-0.05, 0) is 41.7 Å². The summed E-state index contributed by atoms with van der Waals surface area (Å²) in [7, 11) is 0. The van der Waals surface area contributed by atoms with E-state index in [9.17, 15) is 0 Å². The van der Waals surface area contributed by atoms with E-state index in [4.69, 9.17) is 11.6 Å². The minimum Gasteiger partial charge on any atom is -0.309 e. The second-order valence-electron chi connectivity index (χ2n) is 3.56. The Hall–Kier alpha value is -0.530. The van der Waals surface area contributed by atoms with Crippen LogP contribution in [0.3, 0.4) is 0 Å². The van der Waals surface area contributed by atoms with Crippen molar-refractivity contribution in [1.29, 1.82) is 0 Å². The normalized spacial score (nSPS) is 14.7. The van der Waals surface area contributed by atoms with Gasteiger partial charge in [0.15, 0.2) is 0 Å². The molecule has 0 saturated carbocycles. The van der Waals surface area contributed by atoms with Gasteiger partial charge in [0.2, 0.25) is 0 Å². The van der Waals surface area contributed by atoms with Crippen LogP contribution >= 0.6 is 11.6 Å². The molecule has 1 aromatic carbocycles. The smallest absolute Gasteiger partial charge is 0.0443 e. The molecule has 13 heavy (non-hydrogen) atoms. The van der Waals surface area contributed by atoms with Crippen molar-refractivity contribution >= 4 is 11.6 Å². The average molecular weight is 196 g/mol. The van der Waals surface area contributed by atoms with E-state index in [1.165, 1.54) is 22.3 Å². The molecule has 1 nitrogen and oxygen atoms in total. The van der Waals surface area contributed by atoms with Crippen molar-refractivity contribution in [3.63, 3.8) is 0 Å². The summed E-state index contributed by atoms with van der Waals surface area (Å²) in [5.41, 5.74) is 5.53. The van der Waals surface area contributed by atoms with Crippen molar-refractivity contribution in [2.24, 2.45) is 0 Å². The van der Waals surface area contributed by atoms with Crippen LogP contribution in [0.1, 0.15) is 29.2 Å². The number of benzene rings is 1. The van der Waals surface area contributed by atoms with Crippen LogP contribution in [0.5, 0.6) is 0 Å². The van der Waals surface area contributed by atoms with Crippen molar-refractivity contribution in [3.8, 4) is 0 Å². The van der Waals surface area contributed by atoms with Gasteiger partial charge in [-0.1, -0.05) is 18.5 Å². The van der Waals surface area contributed by atoms with Crippen LogP contribution in [0.15, 0.2) is 6.07 Å². The van der Waals surface area contributed by atoms with Crippen LogP contribution in [0.4, 0.5) is 0 Å². The quantitative estimate of drug-likeness (QED) is 0.727. The highest BCUT2D eigenvalue weighted by Crippen LogP contribution is 2.29. The van der Waals surface area contributed by atoms with Crippen LogP contribution in [0.25, 0.3) is 0 Å². The molecule has 0 saturated heterocycles. The summed E-state index contributed by atoms with van der Waals surface area (Å²) in [4.78, 5) is 0. The van der Waals surface area contributed by atoms with Gasteiger partial charge in [0.05, 0.1) is 0 Å². The van der Waals surface area contributed by atoms with Crippen molar-refractivity contribution in [3.05, 3.63) is 33.3 Å². The second-order valence-corrected chi connectivity index (χ2v) is 3.96. The maximum absolute atomic E-state index is 6.19. The first kappa shape index (κ1) is 9.04. The van der Waals surface area contributed by atoms with Crippen LogP contribution in [0, 0.1) is 6.92 Å².